The molecule has 0 aromatic rings. The summed E-state index contributed by atoms with van der Waals surface area (Å²) in [4.78, 5) is 21.8. The number of rotatable bonds is 1. The highest BCUT2D eigenvalue weighted by atomic mass is 16.5. The second kappa shape index (κ2) is 3.01. The zero-order chi connectivity index (χ0) is 9.42. The summed E-state index contributed by atoms with van der Waals surface area (Å²) < 4.78 is 4.31. The average molecular weight is 183 g/mol. The molecular weight excluding hydrogens is 170 g/mol. The van der Waals surface area contributed by atoms with Crippen molar-refractivity contribution in [3.63, 3.8) is 0 Å². The van der Waals surface area contributed by atoms with Crippen molar-refractivity contribution in [1.29, 1.82) is 0 Å². The lowest BCUT2D eigenvalue weighted by molar-refractivity contribution is -0.153. The third-order valence-electron chi connectivity index (χ3n) is 2.95. The van der Waals surface area contributed by atoms with Crippen molar-refractivity contribution in [2.75, 3.05) is 7.11 Å². The van der Waals surface area contributed by atoms with Gasteiger partial charge in [0.05, 0.1) is 7.11 Å². The Labute approximate surface area is 76.6 Å². The van der Waals surface area contributed by atoms with E-state index in [2.05, 4.69) is 10.1 Å². The van der Waals surface area contributed by atoms with E-state index in [9.17, 15) is 9.59 Å². The molecule has 2 saturated carbocycles. The fraction of sp³-hybridized carbons (Fsp3) is 0.778. The van der Waals surface area contributed by atoms with Gasteiger partial charge in [-0.25, -0.2) is 4.79 Å². The van der Waals surface area contributed by atoms with E-state index >= 15 is 0 Å². The average Bonchev–Trinajstić information content (AvgIpc) is 2.73. The van der Waals surface area contributed by atoms with Crippen LogP contribution in [-0.4, -0.2) is 25.0 Å². The summed E-state index contributed by atoms with van der Waals surface area (Å²) in [5.74, 6) is 0.222. The number of carbonyl (C=O) groups excluding carboxylic acids is 2. The number of fused-ring (bicyclic) bond motifs is 1. The molecule has 0 bridgehead atoms. The van der Waals surface area contributed by atoms with Gasteiger partial charge in [0.2, 0.25) is 0 Å². The Morgan fingerprint density at radius 1 is 1.23 bits per heavy atom. The lowest BCUT2D eigenvalue weighted by Gasteiger charge is -2.12. The molecule has 13 heavy (non-hydrogen) atoms. The highest BCUT2D eigenvalue weighted by Crippen LogP contribution is 2.51. The molecule has 0 aliphatic heterocycles. The van der Waals surface area contributed by atoms with Gasteiger partial charge in [-0.15, -0.1) is 0 Å². The van der Waals surface area contributed by atoms with E-state index in [1.54, 1.807) is 0 Å². The van der Waals surface area contributed by atoms with Crippen LogP contribution < -0.4 is 5.32 Å². The minimum atomic E-state index is -0.791. The van der Waals surface area contributed by atoms with Crippen LogP contribution in [0.2, 0.25) is 0 Å². The van der Waals surface area contributed by atoms with Gasteiger partial charge in [0, 0.05) is 6.04 Å². The van der Waals surface area contributed by atoms with E-state index in [4.69, 9.17) is 0 Å². The van der Waals surface area contributed by atoms with Gasteiger partial charge in [-0.05, 0) is 31.1 Å². The van der Waals surface area contributed by atoms with Crippen LogP contribution in [0.25, 0.3) is 0 Å². The van der Waals surface area contributed by atoms with E-state index in [-0.39, 0.29) is 6.04 Å². The van der Waals surface area contributed by atoms with Crippen LogP contribution in [-0.2, 0) is 14.3 Å². The molecule has 4 nitrogen and oxygen atoms in total. The molecule has 1 N–H and O–H groups in total. The summed E-state index contributed by atoms with van der Waals surface area (Å²) in [6, 6.07) is 0.204. The topological polar surface area (TPSA) is 55.4 Å². The number of carbonyl (C=O) groups is 2. The smallest absolute Gasteiger partial charge is 0.396 e. The van der Waals surface area contributed by atoms with E-state index in [1.807, 2.05) is 0 Å². The van der Waals surface area contributed by atoms with Gasteiger partial charge in [0.1, 0.15) is 0 Å². The highest BCUT2D eigenvalue weighted by Gasteiger charge is 2.46. The van der Waals surface area contributed by atoms with Gasteiger partial charge in [-0.2, -0.15) is 0 Å². The first-order valence-corrected chi connectivity index (χ1v) is 4.59. The number of methoxy groups -OCH3 is 1. The molecule has 0 spiro atoms. The Balaban J connectivity index is 1.78. The second-order valence-corrected chi connectivity index (χ2v) is 3.89. The van der Waals surface area contributed by atoms with Crippen molar-refractivity contribution in [2.24, 2.45) is 11.8 Å². The van der Waals surface area contributed by atoms with Crippen molar-refractivity contribution in [3.8, 4) is 0 Å². The van der Waals surface area contributed by atoms with E-state index in [0.29, 0.717) is 0 Å². The summed E-state index contributed by atoms with van der Waals surface area (Å²) in [6.45, 7) is 0. The van der Waals surface area contributed by atoms with Crippen molar-refractivity contribution >= 4 is 11.9 Å². The first-order valence-electron chi connectivity index (χ1n) is 4.59. The first-order chi connectivity index (χ1) is 6.20. The van der Waals surface area contributed by atoms with E-state index < -0.39 is 11.9 Å². The van der Waals surface area contributed by atoms with Crippen LogP contribution in [0.3, 0.4) is 0 Å². The molecule has 0 heterocycles. The summed E-state index contributed by atoms with van der Waals surface area (Å²) in [6.07, 6.45) is 3.38. The molecule has 2 aliphatic carbocycles. The predicted molar refractivity (Wildman–Crippen MR) is 44.8 cm³/mol. The van der Waals surface area contributed by atoms with Crippen LogP contribution in [0.5, 0.6) is 0 Å². The summed E-state index contributed by atoms with van der Waals surface area (Å²) in [5.41, 5.74) is 0. The van der Waals surface area contributed by atoms with Crippen LogP contribution in [0, 0.1) is 11.8 Å². The molecule has 1 amide bonds. The van der Waals surface area contributed by atoms with Crippen LogP contribution in [0.1, 0.15) is 19.3 Å². The fourth-order valence-electron chi connectivity index (χ4n) is 2.17. The Morgan fingerprint density at radius 3 is 2.38 bits per heavy atom. The number of esters is 1. The second-order valence-electron chi connectivity index (χ2n) is 3.89. The highest BCUT2D eigenvalue weighted by molar-refractivity contribution is 6.32. The quantitative estimate of drug-likeness (QED) is 0.462. The number of ether oxygens (including phenoxy) is 1. The third kappa shape index (κ3) is 1.66. The maximum absolute atomic E-state index is 11.1. The van der Waals surface area contributed by atoms with E-state index in [0.717, 1.165) is 24.7 Å². The predicted octanol–water partition coefficient (Wildman–Crippen LogP) is 0.0741. The van der Waals surface area contributed by atoms with Crippen molar-refractivity contribution in [1.82, 2.24) is 5.32 Å². The maximum Gasteiger partial charge on any atom is 0.396 e. The van der Waals surface area contributed by atoms with Crippen LogP contribution >= 0.6 is 0 Å². The third-order valence-corrected chi connectivity index (χ3v) is 2.95. The van der Waals surface area contributed by atoms with Gasteiger partial charge >= 0.3 is 11.9 Å². The summed E-state index contributed by atoms with van der Waals surface area (Å²) >= 11 is 0. The zero-order valence-corrected chi connectivity index (χ0v) is 7.58. The molecule has 4 heteroatoms. The fourth-order valence-corrected chi connectivity index (χ4v) is 2.17. The minimum Gasteiger partial charge on any atom is -0.462 e. The molecule has 72 valence electrons. The van der Waals surface area contributed by atoms with Gasteiger partial charge in [-0.3, -0.25) is 4.79 Å². The monoisotopic (exact) mass is 183 g/mol. The first kappa shape index (κ1) is 8.53. The van der Waals surface area contributed by atoms with Crippen LogP contribution in [0.15, 0.2) is 0 Å². The van der Waals surface area contributed by atoms with Crippen molar-refractivity contribution in [2.45, 2.75) is 25.3 Å². The largest absolute Gasteiger partial charge is 0.462 e. The molecule has 2 rings (SSSR count). The Hall–Kier alpha value is -1.06. The molecule has 0 saturated heterocycles. The normalized spacial score (nSPS) is 35.0. The van der Waals surface area contributed by atoms with Gasteiger partial charge < -0.3 is 10.1 Å². The number of hydrogen-bond acceptors (Lipinski definition) is 3. The molecule has 0 radical (unpaired) electrons. The summed E-state index contributed by atoms with van der Waals surface area (Å²) in [5, 5.41) is 2.68. The van der Waals surface area contributed by atoms with Crippen molar-refractivity contribution < 1.29 is 14.3 Å². The van der Waals surface area contributed by atoms with Gasteiger partial charge in [0.25, 0.3) is 0 Å². The zero-order valence-electron chi connectivity index (χ0n) is 7.58. The number of nitrogens with one attached hydrogen (secondary N) is 1. The Bertz CT molecular complexity index is 241. The lowest BCUT2D eigenvalue weighted by atomic mass is 10.1. The summed E-state index contributed by atoms with van der Waals surface area (Å²) in [7, 11) is 1.22. The molecule has 2 unspecified atom stereocenters. The van der Waals surface area contributed by atoms with E-state index in [1.165, 1.54) is 13.5 Å². The Kier molecular flexibility index (Phi) is 1.98. The molecule has 2 fully saturated rings. The molecule has 0 aromatic heterocycles. The SMILES string of the molecule is COC(=O)C(=O)NC1CC2CC2C1. The number of amides is 1. The standard InChI is InChI=1S/C9H13NO3/c1-13-9(12)8(11)10-7-3-5-2-6(5)4-7/h5-7H,2-4H2,1H3,(H,10,11). The van der Waals surface area contributed by atoms with Gasteiger partial charge in [-0.1, -0.05) is 0 Å². The molecule has 2 aliphatic rings. The van der Waals surface area contributed by atoms with Crippen molar-refractivity contribution in [3.05, 3.63) is 0 Å². The lowest BCUT2D eigenvalue weighted by Crippen LogP contribution is -2.39. The molecule has 0 aromatic carbocycles. The Morgan fingerprint density at radius 2 is 1.85 bits per heavy atom. The van der Waals surface area contributed by atoms with Crippen LogP contribution in [0.4, 0.5) is 0 Å². The van der Waals surface area contributed by atoms with Gasteiger partial charge in [0.15, 0.2) is 0 Å². The minimum absolute atomic E-state index is 0.204. The number of hydrogen-bond donors (Lipinski definition) is 1. The molecule has 2 atom stereocenters. The maximum atomic E-state index is 11.1. The molecular formula is C9H13NO3.